The van der Waals surface area contributed by atoms with Crippen molar-refractivity contribution < 1.29 is 4.79 Å². The van der Waals surface area contributed by atoms with Crippen molar-refractivity contribution in [1.29, 1.82) is 0 Å². The molecule has 4 aliphatic rings. The second-order valence-electron chi connectivity index (χ2n) is 11.1. The van der Waals surface area contributed by atoms with Crippen LogP contribution < -0.4 is 4.90 Å². The van der Waals surface area contributed by atoms with E-state index in [4.69, 9.17) is 0 Å². The van der Waals surface area contributed by atoms with Gasteiger partial charge in [-0.15, -0.1) is 0 Å². The Morgan fingerprint density at radius 1 is 0.861 bits per heavy atom. The van der Waals surface area contributed by atoms with Gasteiger partial charge < -0.3 is 19.6 Å². The molecule has 0 radical (unpaired) electrons. The molecule has 0 unspecified atom stereocenters. The number of benzene rings is 2. The van der Waals surface area contributed by atoms with Gasteiger partial charge in [0.1, 0.15) is 0 Å². The normalized spacial score (nSPS) is 22.8. The Hall–Kier alpha value is -2.63. The fourth-order valence-electron chi connectivity index (χ4n) is 6.91. The Kier molecular flexibility index (Phi) is 6.61. The number of allylic oxidation sites excluding steroid dienone is 1. The number of amides is 1. The van der Waals surface area contributed by atoms with Gasteiger partial charge in [-0.3, -0.25) is 4.79 Å². The molecule has 2 aromatic rings. The molecule has 6 rings (SSSR count). The van der Waals surface area contributed by atoms with Gasteiger partial charge in [0, 0.05) is 62.0 Å². The number of piperazine rings is 1. The molecular weight excluding hydrogens is 444 g/mol. The van der Waals surface area contributed by atoms with E-state index >= 15 is 0 Å². The molecule has 3 heterocycles. The highest BCUT2D eigenvalue weighted by Crippen LogP contribution is 2.44. The van der Waals surface area contributed by atoms with Crippen molar-refractivity contribution in [2.24, 2.45) is 0 Å². The molecular formula is C31H40N4O. The molecule has 1 aliphatic carbocycles. The first-order valence-electron chi connectivity index (χ1n) is 14.0. The van der Waals surface area contributed by atoms with Crippen molar-refractivity contribution >= 4 is 17.7 Å². The van der Waals surface area contributed by atoms with Crippen molar-refractivity contribution in [3.05, 3.63) is 71.3 Å². The van der Waals surface area contributed by atoms with Crippen molar-refractivity contribution in [2.75, 3.05) is 63.8 Å². The molecule has 0 aromatic heterocycles. The molecule has 5 heteroatoms. The third-order valence-electron chi connectivity index (χ3n) is 9.34. The van der Waals surface area contributed by atoms with E-state index in [1.807, 2.05) is 17.0 Å². The van der Waals surface area contributed by atoms with Crippen molar-refractivity contribution in [2.45, 2.75) is 44.1 Å². The Balaban J connectivity index is 1.00. The van der Waals surface area contributed by atoms with E-state index in [1.54, 1.807) is 5.56 Å². The van der Waals surface area contributed by atoms with Crippen molar-refractivity contribution in [1.82, 2.24) is 14.7 Å². The molecule has 5 nitrogen and oxygen atoms in total. The largest absolute Gasteiger partial charge is 0.371 e. The zero-order valence-electron chi connectivity index (χ0n) is 21.7. The van der Waals surface area contributed by atoms with Crippen LogP contribution in [0.2, 0.25) is 0 Å². The van der Waals surface area contributed by atoms with Gasteiger partial charge in [-0.1, -0.05) is 43.3 Å². The number of hydrogen-bond acceptors (Lipinski definition) is 4. The van der Waals surface area contributed by atoms with E-state index in [2.05, 4.69) is 70.2 Å². The van der Waals surface area contributed by atoms with Crippen LogP contribution in [0.3, 0.4) is 0 Å². The number of carbonyl (C=O) groups excluding carboxylic acids is 1. The minimum Gasteiger partial charge on any atom is -0.371 e. The molecule has 0 saturated carbocycles. The fraction of sp³-hybridized carbons (Fsp3) is 0.516. The summed E-state index contributed by atoms with van der Waals surface area (Å²) in [6.45, 7) is 11.5. The van der Waals surface area contributed by atoms with Crippen LogP contribution in [-0.4, -0.2) is 85.6 Å². The van der Waals surface area contributed by atoms with E-state index in [0.717, 1.165) is 51.4 Å². The minimum absolute atomic E-state index is 0.179. The maximum Gasteiger partial charge on any atom is 0.253 e. The molecule has 2 aromatic carbocycles. The Morgan fingerprint density at radius 2 is 1.56 bits per heavy atom. The third kappa shape index (κ3) is 4.48. The Bertz CT molecular complexity index is 1090. The first-order chi connectivity index (χ1) is 17.6. The van der Waals surface area contributed by atoms with Crippen LogP contribution in [0.25, 0.3) is 6.08 Å². The monoisotopic (exact) mass is 484 g/mol. The smallest absolute Gasteiger partial charge is 0.253 e. The third-order valence-corrected chi connectivity index (χ3v) is 9.34. The van der Waals surface area contributed by atoms with Gasteiger partial charge >= 0.3 is 0 Å². The summed E-state index contributed by atoms with van der Waals surface area (Å²) in [4.78, 5) is 22.6. The van der Waals surface area contributed by atoms with Gasteiger partial charge in [0.15, 0.2) is 0 Å². The SMILES string of the molecule is CCN1CCN(C(=O)c2ccc(N3CCC(N4CCC5(C=Cc6ccccc65)CC4)CC3)cc2)CC1. The molecule has 3 aliphatic heterocycles. The first-order valence-corrected chi connectivity index (χ1v) is 14.0. The Morgan fingerprint density at radius 3 is 2.25 bits per heavy atom. The van der Waals surface area contributed by atoms with Crippen LogP contribution in [0.15, 0.2) is 54.6 Å². The molecule has 1 spiro atoms. The van der Waals surface area contributed by atoms with Crippen LogP contribution in [0.1, 0.15) is 54.1 Å². The number of fused-ring (bicyclic) bond motifs is 2. The molecule has 190 valence electrons. The van der Waals surface area contributed by atoms with E-state index in [0.29, 0.717) is 6.04 Å². The summed E-state index contributed by atoms with van der Waals surface area (Å²) in [6.07, 6.45) is 9.75. The molecule has 3 saturated heterocycles. The van der Waals surface area contributed by atoms with E-state index in [1.165, 1.54) is 50.0 Å². The van der Waals surface area contributed by atoms with Crippen LogP contribution in [-0.2, 0) is 5.41 Å². The maximum atomic E-state index is 12.9. The highest BCUT2D eigenvalue weighted by molar-refractivity contribution is 5.94. The molecule has 0 bridgehead atoms. The molecule has 36 heavy (non-hydrogen) atoms. The lowest BCUT2D eigenvalue weighted by Gasteiger charge is -2.45. The van der Waals surface area contributed by atoms with Gasteiger partial charge in [0.05, 0.1) is 0 Å². The van der Waals surface area contributed by atoms with Crippen LogP contribution >= 0.6 is 0 Å². The maximum absolute atomic E-state index is 12.9. The second kappa shape index (κ2) is 10.0. The van der Waals surface area contributed by atoms with E-state index < -0.39 is 0 Å². The number of carbonyl (C=O) groups is 1. The number of likely N-dealkylation sites (N-methyl/N-ethyl adjacent to an activating group) is 1. The van der Waals surface area contributed by atoms with Crippen LogP contribution in [0.5, 0.6) is 0 Å². The lowest BCUT2D eigenvalue weighted by Crippen LogP contribution is -2.50. The van der Waals surface area contributed by atoms with Crippen molar-refractivity contribution in [3.8, 4) is 0 Å². The highest BCUT2D eigenvalue weighted by atomic mass is 16.2. The molecule has 1 amide bonds. The number of likely N-dealkylation sites (tertiary alicyclic amines) is 1. The quantitative estimate of drug-likeness (QED) is 0.640. The molecule has 3 fully saturated rings. The second-order valence-corrected chi connectivity index (χ2v) is 11.1. The number of rotatable bonds is 4. The minimum atomic E-state index is 0.179. The van der Waals surface area contributed by atoms with E-state index in [9.17, 15) is 4.79 Å². The summed E-state index contributed by atoms with van der Waals surface area (Å²) in [5.41, 5.74) is 5.32. The van der Waals surface area contributed by atoms with Gasteiger partial charge in [-0.2, -0.15) is 0 Å². The summed E-state index contributed by atoms with van der Waals surface area (Å²) in [5, 5.41) is 0. The number of hydrogen-bond donors (Lipinski definition) is 0. The summed E-state index contributed by atoms with van der Waals surface area (Å²) < 4.78 is 0. The van der Waals surface area contributed by atoms with Crippen LogP contribution in [0, 0.1) is 0 Å². The van der Waals surface area contributed by atoms with E-state index in [-0.39, 0.29) is 11.3 Å². The standard InChI is InChI=1S/C31H40N4O/c1-2-32-21-23-35(24-22-32)30(36)26-7-9-27(10-8-26)33-17-12-28(13-18-33)34-19-15-31(16-20-34)14-11-25-5-3-4-6-29(25)31/h3-11,14,28H,2,12-13,15-24H2,1H3. The highest BCUT2D eigenvalue weighted by Gasteiger charge is 2.39. The number of piperidine rings is 2. The summed E-state index contributed by atoms with van der Waals surface area (Å²) in [6, 6.07) is 18.0. The van der Waals surface area contributed by atoms with Gasteiger partial charge in [-0.05, 0) is 80.7 Å². The first kappa shape index (κ1) is 23.7. The zero-order valence-corrected chi connectivity index (χ0v) is 21.7. The van der Waals surface area contributed by atoms with Gasteiger partial charge in [0.25, 0.3) is 5.91 Å². The average Bonchev–Trinajstić information content (AvgIpc) is 3.31. The lowest BCUT2D eigenvalue weighted by molar-refractivity contribution is 0.0643. The molecule has 0 atom stereocenters. The predicted molar refractivity (Wildman–Crippen MR) is 148 cm³/mol. The summed E-state index contributed by atoms with van der Waals surface area (Å²) >= 11 is 0. The average molecular weight is 485 g/mol. The lowest BCUT2D eigenvalue weighted by atomic mass is 9.74. The van der Waals surface area contributed by atoms with Crippen molar-refractivity contribution in [3.63, 3.8) is 0 Å². The number of anilines is 1. The Labute approximate surface area is 216 Å². The summed E-state index contributed by atoms with van der Waals surface area (Å²) in [5.74, 6) is 0.179. The number of nitrogens with zero attached hydrogens (tertiary/aromatic N) is 4. The summed E-state index contributed by atoms with van der Waals surface area (Å²) in [7, 11) is 0. The molecule has 0 N–H and O–H groups in total. The van der Waals surface area contributed by atoms with Gasteiger partial charge in [-0.25, -0.2) is 0 Å². The predicted octanol–water partition coefficient (Wildman–Crippen LogP) is 4.49. The zero-order chi connectivity index (χ0) is 24.5. The topological polar surface area (TPSA) is 30.0 Å². The van der Waals surface area contributed by atoms with Gasteiger partial charge in [0.2, 0.25) is 0 Å². The fourth-order valence-corrected chi connectivity index (χ4v) is 6.91. The van der Waals surface area contributed by atoms with Crippen LogP contribution in [0.4, 0.5) is 5.69 Å².